The molecule has 0 amide bonds. The van der Waals surface area contributed by atoms with Gasteiger partial charge in [-0.05, 0) is 23.9 Å². The van der Waals surface area contributed by atoms with Gasteiger partial charge in [0.2, 0.25) is 0 Å². The molecule has 1 heterocycles. The second-order valence-electron chi connectivity index (χ2n) is 3.45. The van der Waals surface area contributed by atoms with Crippen LogP contribution in [0.5, 0.6) is 0 Å². The van der Waals surface area contributed by atoms with E-state index >= 15 is 0 Å². The Morgan fingerprint density at radius 3 is 2.43 bits per heavy atom. The fraction of sp³-hybridized carbons (Fsp3) is 0.857. The molecule has 0 saturated carbocycles. The van der Waals surface area contributed by atoms with Crippen LogP contribution in [0.15, 0.2) is 0 Å². The van der Waals surface area contributed by atoms with Gasteiger partial charge in [-0.3, -0.25) is 4.79 Å². The minimum atomic E-state index is -3.61. The van der Waals surface area contributed by atoms with Crippen LogP contribution >= 0.6 is 11.6 Å². The average molecular weight is 247 g/mol. The Balaban J connectivity index is 2.60. The molecule has 0 bridgehead atoms. The smallest absolute Gasteiger partial charge is 0.274 e. The van der Waals surface area contributed by atoms with Crippen molar-refractivity contribution in [2.45, 2.75) is 18.8 Å². The summed E-state index contributed by atoms with van der Waals surface area (Å²) < 4.78 is 47.4. The van der Waals surface area contributed by atoms with Gasteiger partial charge in [0, 0.05) is 6.42 Å². The molecule has 1 aliphatic rings. The lowest BCUT2D eigenvalue weighted by atomic mass is 10.0. The van der Waals surface area contributed by atoms with Crippen molar-refractivity contribution in [1.82, 2.24) is 0 Å². The largest absolute Gasteiger partial charge is 0.320 e. The van der Waals surface area contributed by atoms with Crippen LogP contribution in [-0.4, -0.2) is 31.1 Å². The molecule has 0 spiro atoms. The monoisotopic (exact) mass is 246 g/mol. The van der Waals surface area contributed by atoms with Crippen LogP contribution in [0, 0.1) is 5.92 Å². The Bertz CT molecular complexity index is 339. The maximum Gasteiger partial charge on any atom is 0.320 e. The van der Waals surface area contributed by atoms with Crippen LogP contribution in [0.3, 0.4) is 0 Å². The molecule has 7 heteroatoms. The molecular weight excluding hydrogens is 238 g/mol. The first-order chi connectivity index (χ1) is 6.23. The lowest BCUT2D eigenvalue weighted by Gasteiger charge is -2.14. The predicted octanol–water partition coefficient (Wildman–Crippen LogP) is 1.21. The summed E-state index contributed by atoms with van der Waals surface area (Å²) in [7, 11) is -3.18. The third-order valence-corrected chi connectivity index (χ3v) is 4.27. The Morgan fingerprint density at radius 2 is 2.07 bits per heavy atom. The highest BCUT2D eigenvalue weighted by molar-refractivity contribution is 7.91. The third-order valence-electron chi connectivity index (χ3n) is 2.16. The summed E-state index contributed by atoms with van der Waals surface area (Å²) in [5.41, 5.74) is 0. The van der Waals surface area contributed by atoms with E-state index in [9.17, 15) is 22.0 Å². The van der Waals surface area contributed by atoms with Crippen molar-refractivity contribution >= 4 is 26.7 Å². The number of carbonyl (C=O) groups excluding carboxylic acids is 1. The van der Waals surface area contributed by atoms with Crippen LogP contribution in [0.2, 0.25) is 0 Å². The Labute approximate surface area is 85.3 Å². The van der Waals surface area contributed by atoms with Crippen LogP contribution < -0.4 is 0 Å². The van der Waals surface area contributed by atoms with Gasteiger partial charge in [0.25, 0.3) is 5.24 Å². The van der Waals surface area contributed by atoms with Gasteiger partial charge in [0.1, 0.15) is 0 Å². The summed E-state index contributed by atoms with van der Waals surface area (Å²) >= 11 is 4.68. The van der Waals surface area contributed by atoms with Gasteiger partial charge >= 0.3 is 5.92 Å². The Morgan fingerprint density at radius 1 is 1.50 bits per heavy atom. The number of alkyl halides is 2. The second-order valence-corrected chi connectivity index (χ2v) is 6.02. The van der Waals surface area contributed by atoms with Crippen LogP contribution in [0.4, 0.5) is 8.78 Å². The lowest BCUT2D eigenvalue weighted by Crippen LogP contribution is -2.28. The summed E-state index contributed by atoms with van der Waals surface area (Å²) in [6, 6.07) is 0. The first kappa shape index (κ1) is 11.8. The molecular formula is C7H9ClF2O3S. The molecule has 3 nitrogen and oxygen atoms in total. The molecule has 1 unspecified atom stereocenters. The first-order valence-corrected chi connectivity index (χ1v) is 6.21. The highest BCUT2D eigenvalue weighted by Crippen LogP contribution is 2.31. The topological polar surface area (TPSA) is 51.2 Å². The number of halogens is 3. The zero-order chi connectivity index (χ0) is 11.0. The predicted molar refractivity (Wildman–Crippen MR) is 47.2 cm³/mol. The molecule has 0 radical (unpaired) electrons. The van der Waals surface area contributed by atoms with E-state index in [4.69, 9.17) is 0 Å². The molecule has 0 aromatic carbocycles. The van der Waals surface area contributed by atoms with E-state index in [1.54, 1.807) is 0 Å². The summed E-state index contributed by atoms with van der Waals surface area (Å²) in [4.78, 5) is 10.3. The summed E-state index contributed by atoms with van der Waals surface area (Å²) in [6.07, 6.45) is -0.587. The first-order valence-electron chi connectivity index (χ1n) is 4.01. The molecule has 14 heavy (non-hydrogen) atoms. The number of carbonyl (C=O) groups is 1. The number of hydrogen-bond donors (Lipinski definition) is 0. The quantitative estimate of drug-likeness (QED) is 0.704. The molecule has 1 aliphatic heterocycles. The summed E-state index contributed by atoms with van der Waals surface area (Å²) in [5, 5.41) is -1.72. The zero-order valence-electron chi connectivity index (χ0n) is 7.17. The summed E-state index contributed by atoms with van der Waals surface area (Å²) in [6.45, 7) is 0. The van der Waals surface area contributed by atoms with Crippen LogP contribution in [0.25, 0.3) is 0 Å². The number of sulfone groups is 1. The Kier molecular flexibility index (Phi) is 3.16. The van der Waals surface area contributed by atoms with E-state index in [0.29, 0.717) is 0 Å². The minimum Gasteiger partial charge on any atom is -0.274 e. The van der Waals surface area contributed by atoms with Crippen molar-refractivity contribution < 1.29 is 22.0 Å². The summed E-state index contributed by atoms with van der Waals surface area (Å²) in [5.74, 6) is -4.61. The van der Waals surface area contributed by atoms with Gasteiger partial charge in [0.05, 0.1) is 11.5 Å². The molecule has 1 atom stereocenters. The lowest BCUT2D eigenvalue weighted by molar-refractivity contribution is -0.136. The highest BCUT2D eigenvalue weighted by atomic mass is 35.5. The molecule has 82 valence electrons. The van der Waals surface area contributed by atoms with Gasteiger partial charge in [-0.15, -0.1) is 0 Å². The highest BCUT2D eigenvalue weighted by Gasteiger charge is 2.42. The van der Waals surface area contributed by atoms with E-state index in [-0.39, 0.29) is 17.9 Å². The van der Waals surface area contributed by atoms with Crippen LogP contribution in [0.1, 0.15) is 12.8 Å². The molecule has 0 N–H and O–H groups in total. The molecule has 0 aromatic heterocycles. The van der Waals surface area contributed by atoms with Gasteiger partial charge in [-0.25, -0.2) is 8.42 Å². The van der Waals surface area contributed by atoms with Gasteiger partial charge < -0.3 is 0 Å². The second kappa shape index (κ2) is 3.73. The SMILES string of the molecule is O=C(Cl)C(F)(F)CC1CCS(=O)(=O)C1. The van der Waals surface area contributed by atoms with E-state index < -0.39 is 33.3 Å². The van der Waals surface area contributed by atoms with E-state index in [1.807, 2.05) is 0 Å². The van der Waals surface area contributed by atoms with E-state index in [0.717, 1.165) is 0 Å². The van der Waals surface area contributed by atoms with Crippen molar-refractivity contribution in [2.75, 3.05) is 11.5 Å². The maximum absolute atomic E-state index is 12.8. The van der Waals surface area contributed by atoms with Crippen molar-refractivity contribution in [2.24, 2.45) is 5.92 Å². The Hall–Kier alpha value is -0.230. The fourth-order valence-corrected chi connectivity index (χ4v) is 3.41. The molecule has 0 aliphatic carbocycles. The van der Waals surface area contributed by atoms with Crippen molar-refractivity contribution in [3.05, 3.63) is 0 Å². The molecule has 1 saturated heterocycles. The number of rotatable bonds is 3. The van der Waals surface area contributed by atoms with Crippen molar-refractivity contribution in [3.63, 3.8) is 0 Å². The van der Waals surface area contributed by atoms with E-state index in [2.05, 4.69) is 11.6 Å². The fourth-order valence-electron chi connectivity index (χ4n) is 1.48. The molecule has 0 aromatic rings. The third kappa shape index (κ3) is 2.88. The van der Waals surface area contributed by atoms with Gasteiger partial charge in [-0.2, -0.15) is 8.78 Å². The number of hydrogen-bond acceptors (Lipinski definition) is 3. The van der Waals surface area contributed by atoms with Gasteiger partial charge in [0.15, 0.2) is 9.84 Å². The zero-order valence-corrected chi connectivity index (χ0v) is 8.75. The standard InChI is InChI=1S/C7H9ClF2O3S/c8-6(11)7(9,10)3-5-1-2-14(12,13)4-5/h5H,1-4H2. The minimum absolute atomic E-state index is 0.0791. The molecule has 1 rings (SSSR count). The van der Waals surface area contributed by atoms with E-state index in [1.165, 1.54) is 0 Å². The maximum atomic E-state index is 12.8. The van der Waals surface area contributed by atoms with Crippen molar-refractivity contribution in [3.8, 4) is 0 Å². The normalized spacial score (nSPS) is 26.4. The van der Waals surface area contributed by atoms with Crippen LogP contribution in [-0.2, 0) is 14.6 Å². The molecule has 1 fully saturated rings. The van der Waals surface area contributed by atoms with Crippen molar-refractivity contribution in [1.29, 1.82) is 0 Å². The average Bonchev–Trinajstić information content (AvgIpc) is 2.28. The van der Waals surface area contributed by atoms with Gasteiger partial charge in [-0.1, -0.05) is 0 Å².